The molecule has 0 aliphatic carbocycles. The molecule has 82 valence electrons. The fraction of sp³-hybridized carbons (Fsp3) is 0.889. The Balaban J connectivity index is 2.91. The van der Waals surface area contributed by atoms with E-state index >= 15 is 0 Å². The molecule has 0 spiro atoms. The van der Waals surface area contributed by atoms with Gasteiger partial charge in [-0.15, -0.1) is 0 Å². The van der Waals surface area contributed by atoms with Crippen LogP contribution in [0.1, 0.15) is 20.8 Å². The van der Waals surface area contributed by atoms with Crippen molar-refractivity contribution in [3.63, 3.8) is 0 Å². The number of esters is 1. The molecule has 0 radical (unpaired) electrons. The first kappa shape index (κ1) is 11.4. The van der Waals surface area contributed by atoms with Gasteiger partial charge >= 0.3 is 5.97 Å². The van der Waals surface area contributed by atoms with E-state index in [2.05, 4.69) is 0 Å². The highest BCUT2D eigenvalue weighted by molar-refractivity contribution is 5.76. The van der Waals surface area contributed by atoms with Crippen LogP contribution in [0.4, 0.5) is 0 Å². The van der Waals surface area contributed by atoms with Crippen LogP contribution >= 0.6 is 0 Å². The third-order valence-electron chi connectivity index (χ3n) is 2.80. The molecular formula is C9H16O5. The van der Waals surface area contributed by atoms with E-state index in [0.717, 1.165) is 0 Å². The zero-order valence-corrected chi connectivity index (χ0v) is 8.47. The number of hydrogen-bond donors (Lipinski definition) is 3. The molecule has 1 aliphatic rings. The first-order valence-electron chi connectivity index (χ1n) is 4.57. The van der Waals surface area contributed by atoms with Crippen LogP contribution in [0.25, 0.3) is 0 Å². The second-order valence-corrected chi connectivity index (χ2v) is 4.02. The van der Waals surface area contributed by atoms with E-state index in [9.17, 15) is 20.1 Å². The van der Waals surface area contributed by atoms with Gasteiger partial charge in [0.05, 0.1) is 12.0 Å². The normalized spacial score (nSPS) is 42.0. The molecule has 5 nitrogen and oxygen atoms in total. The van der Waals surface area contributed by atoms with E-state index < -0.39 is 35.8 Å². The summed E-state index contributed by atoms with van der Waals surface area (Å²) in [5, 5.41) is 28.5. The summed E-state index contributed by atoms with van der Waals surface area (Å²) in [7, 11) is 0. The minimum Gasteiger partial charge on any atom is -0.453 e. The smallest absolute Gasteiger partial charge is 0.312 e. The van der Waals surface area contributed by atoms with Crippen molar-refractivity contribution < 1.29 is 24.9 Å². The van der Waals surface area contributed by atoms with Crippen molar-refractivity contribution >= 4 is 5.97 Å². The molecule has 0 aromatic rings. The van der Waals surface area contributed by atoms with Gasteiger partial charge in [-0.1, -0.05) is 0 Å². The van der Waals surface area contributed by atoms with Gasteiger partial charge in [-0.3, -0.25) is 4.79 Å². The second kappa shape index (κ2) is 3.49. The molecule has 0 aromatic heterocycles. The monoisotopic (exact) mass is 204 g/mol. The van der Waals surface area contributed by atoms with E-state index in [-0.39, 0.29) is 0 Å². The topological polar surface area (TPSA) is 87.0 Å². The lowest BCUT2D eigenvalue weighted by Gasteiger charge is -2.33. The molecule has 0 amide bonds. The first-order valence-corrected chi connectivity index (χ1v) is 4.57. The Bertz CT molecular complexity index is 239. The van der Waals surface area contributed by atoms with E-state index in [0.29, 0.717) is 0 Å². The molecular weight excluding hydrogens is 188 g/mol. The number of ether oxygens (including phenoxy) is 1. The number of hydrogen-bond acceptors (Lipinski definition) is 5. The Morgan fingerprint density at radius 1 is 1.50 bits per heavy atom. The SMILES string of the molecule is C[C@@H](O)[C@H](O)[C@]1(C)OC(=O)[C@H](C)[C@H]1O. The average Bonchev–Trinajstić information content (AvgIpc) is 2.30. The summed E-state index contributed by atoms with van der Waals surface area (Å²) in [6.07, 6.45) is -3.45. The van der Waals surface area contributed by atoms with Gasteiger partial charge in [0, 0.05) is 0 Å². The zero-order valence-electron chi connectivity index (χ0n) is 8.47. The number of carbonyl (C=O) groups excluding carboxylic acids is 1. The Labute approximate surface area is 82.3 Å². The zero-order chi connectivity index (χ0) is 11.1. The Hall–Kier alpha value is -0.650. The molecule has 0 unspecified atom stereocenters. The van der Waals surface area contributed by atoms with Crippen LogP contribution in [-0.4, -0.2) is 45.2 Å². The Morgan fingerprint density at radius 3 is 2.29 bits per heavy atom. The van der Waals surface area contributed by atoms with Crippen LogP contribution in [0.3, 0.4) is 0 Å². The summed E-state index contributed by atoms with van der Waals surface area (Å²) in [4.78, 5) is 11.2. The van der Waals surface area contributed by atoms with Crippen molar-refractivity contribution in [1.29, 1.82) is 0 Å². The lowest BCUT2D eigenvalue weighted by Crippen LogP contribution is -2.53. The van der Waals surface area contributed by atoms with Crippen molar-refractivity contribution in [2.75, 3.05) is 0 Å². The summed E-state index contributed by atoms with van der Waals surface area (Å²) in [5.74, 6) is -1.23. The number of cyclic esters (lactones) is 1. The molecule has 14 heavy (non-hydrogen) atoms. The van der Waals surface area contributed by atoms with Crippen molar-refractivity contribution in [2.45, 2.75) is 44.7 Å². The van der Waals surface area contributed by atoms with Crippen LogP contribution in [0.2, 0.25) is 0 Å². The molecule has 5 heteroatoms. The van der Waals surface area contributed by atoms with Crippen LogP contribution in [0, 0.1) is 5.92 Å². The minimum atomic E-state index is -1.41. The van der Waals surface area contributed by atoms with E-state index in [1.54, 1.807) is 0 Å². The molecule has 1 fully saturated rings. The maximum Gasteiger partial charge on any atom is 0.312 e. The summed E-state index contributed by atoms with van der Waals surface area (Å²) in [6.45, 7) is 4.31. The van der Waals surface area contributed by atoms with Gasteiger partial charge in [-0.25, -0.2) is 0 Å². The van der Waals surface area contributed by atoms with E-state index in [1.165, 1.54) is 20.8 Å². The summed E-state index contributed by atoms with van der Waals surface area (Å²) >= 11 is 0. The minimum absolute atomic E-state index is 0.556. The molecule has 1 rings (SSSR count). The number of rotatable bonds is 2. The summed E-state index contributed by atoms with van der Waals surface area (Å²) in [6, 6.07) is 0. The van der Waals surface area contributed by atoms with Gasteiger partial charge in [0.1, 0.15) is 12.2 Å². The molecule has 3 N–H and O–H groups in total. The highest BCUT2D eigenvalue weighted by Gasteiger charge is 2.55. The van der Waals surface area contributed by atoms with Crippen molar-refractivity contribution in [3.05, 3.63) is 0 Å². The predicted molar refractivity (Wildman–Crippen MR) is 47.4 cm³/mol. The van der Waals surface area contributed by atoms with Crippen LogP contribution in [0.15, 0.2) is 0 Å². The third-order valence-corrected chi connectivity index (χ3v) is 2.80. The highest BCUT2D eigenvalue weighted by Crippen LogP contribution is 2.35. The summed E-state index contributed by atoms with van der Waals surface area (Å²) in [5.41, 5.74) is -1.41. The van der Waals surface area contributed by atoms with Crippen LogP contribution < -0.4 is 0 Å². The second-order valence-electron chi connectivity index (χ2n) is 4.02. The fourth-order valence-electron chi connectivity index (χ4n) is 1.71. The predicted octanol–water partition coefficient (Wildman–Crippen LogP) is -0.959. The lowest BCUT2D eigenvalue weighted by molar-refractivity contribution is -0.174. The van der Waals surface area contributed by atoms with Crippen molar-refractivity contribution in [2.24, 2.45) is 5.92 Å². The van der Waals surface area contributed by atoms with Gasteiger partial charge in [0.15, 0.2) is 5.60 Å². The average molecular weight is 204 g/mol. The molecule has 1 heterocycles. The van der Waals surface area contributed by atoms with Gasteiger partial charge in [0.2, 0.25) is 0 Å². The lowest BCUT2D eigenvalue weighted by atomic mass is 9.86. The molecule has 0 aromatic carbocycles. The quantitative estimate of drug-likeness (QED) is 0.504. The molecule has 5 atom stereocenters. The number of aliphatic hydroxyl groups is 3. The number of carbonyl (C=O) groups is 1. The standard InChI is InChI=1S/C9H16O5/c1-4-6(11)9(3,14-8(4)13)7(12)5(2)10/h4-7,10-12H,1-3H3/t4-,5-,6-,7+,9-/m1/s1. The molecule has 1 saturated heterocycles. The summed E-state index contributed by atoms with van der Waals surface area (Å²) < 4.78 is 4.90. The van der Waals surface area contributed by atoms with Crippen LogP contribution in [0.5, 0.6) is 0 Å². The van der Waals surface area contributed by atoms with Gasteiger partial charge in [-0.2, -0.15) is 0 Å². The van der Waals surface area contributed by atoms with Gasteiger partial charge in [0.25, 0.3) is 0 Å². The number of aliphatic hydroxyl groups excluding tert-OH is 3. The van der Waals surface area contributed by atoms with Crippen LogP contribution in [-0.2, 0) is 9.53 Å². The maximum absolute atomic E-state index is 11.2. The molecule has 0 saturated carbocycles. The first-order chi connectivity index (χ1) is 6.30. The maximum atomic E-state index is 11.2. The largest absolute Gasteiger partial charge is 0.453 e. The Morgan fingerprint density at radius 2 is 2.00 bits per heavy atom. The highest BCUT2D eigenvalue weighted by atomic mass is 16.6. The third kappa shape index (κ3) is 1.51. The molecule has 0 bridgehead atoms. The van der Waals surface area contributed by atoms with Crippen molar-refractivity contribution in [3.8, 4) is 0 Å². The molecule has 1 aliphatic heterocycles. The Kier molecular flexibility index (Phi) is 2.85. The van der Waals surface area contributed by atoms with Gasteiger partial charge in [-0.05, 0) is 20.8 Å². The van der Waals surface area contributed by atoms with Gasteiger partial charge < -0.3 is 20.1 Å². The van der Waals surface area contributed by atoms with E-state index in [1.807, 2.05) is 0 Å². The fourth-order valence-corrected chi connectivity index (χ4v) is 1.71. The van der Waals surface area contributed by atoms with Crippen molar-refractivity contribution in [1.82, 2.24) is 0 Å². The van der Waals surface area contributed by atoms with E-state index in [4.69, 9.17) is 4.74 Å².